The van der Waals surface area contributed by atoms with Gasteiger partial charge < -0.3 is 16.8 Å². The largest absolute Gasteiger partial charge is 0.392 e. The second kappa shape index (κ2) is 6.80. The molecule has 0 aromatic carbocycles. The zero-order valence-electron chi connectivity index (χ0n) is 16.2. The summed E-state index contributed by atoms with van der Waals surface area (Å²) < 4.78 is 3.56. The van der Waals surface area contributed by atoms with Crippen LogP contribution in [0.5, 0.6) is 0 Å². The predicted molar refractivity (Wildman–Crippen MR) is 108 cm³/mol. The average Bonchev–Trinajstić information content (AvgIpc) is 3.23. The molecule has 0 saturated heterocycles. The van der Waals surface area contributed by atoms with Crippen molar-refractivity contribution in [2.24, 2.45) is 5.73 Å². The van der Waals surface area contributed by atoms with Crippen LogP contribution in [0.25, 0.3) is 10.5 Å². The number of nitrogen functional groups attached to an aromatic ring is 1. The van der Waals surface area contributed by atoms with Gasteiger partial charge in [0.1, 0.15) is 11.6 Å². The van der Waals surface area contributed by atoms with E-state index in [0.29, 0.717) is 36.1 Å². The Hall–Kier alpha value is -3.12. The maximum Gasteiger partial charge on any atom is 0.268 e. The highest BCUT2D eigenvalue weighted by molar-refractivity contribution is 5.80. The molecule has 9 heteroatoms. The average molecular weight is 379 g/mol. The maximum atomic E-state index is 7.50. The second-order valence-electron chi connectivity index (χ2n) is 7.32. The molecule has 0 atom stereocenters. The van der Waals surface area contributed by atoms with Gasteiger partial charge in [-0.15, -0.1) is 0 Å². The van der Waals surface area contributed by atoms with E-state index in [1.54, 1.807) is 4.52 Å². The summed E-state index contributed by atoms with van der Waals surface area (Å²) >= 11 is 0. The Labute approximate surface area is 163 Å². The van der Waals surface area contributed by atoms with E-state index in [0.717, 1.165) is 42.6 Å². The van der Waals surface area contributed by atoms with E-state index in [9.17, 15) is 0 Å². The molecule has 9 nitrogen and oxygen atoms in total. The molecular weight excluding hydrogens is 354 g/mol. The van der Waals surface area contributed by atoms with Gasteiger partial charge in [0.15, 0.2) is 5.65 Å². The molecule has 5 N–H and O–H groups in total. The van der Waals surface area contributed by atoms with Crippen molar-refractivity contribution in [1.29, 1.82) is 0 Å². The van der Waals surface area contributed by atoms with Crippen molar-refractivity contribution in [1.82, 2.24) is 24.4 Å². The first-order valence-corrected chi connectivity index (χ1v) is 9.57. The zero-order valence-corrected chi connectivity index (χ0v) is 16.2. The van der Waals surface area contributed by atoms with Gasteiger partial charge in [-0.05, 0) is 32.3 Å². The number of nitrogens with two attached hydrogens (primary N) is 2. The Morgan fingerprint density at radius 2 is 2.14 bits per heavy atom. The lowest BCUT2D eigenvalue weighted by Gasteiger charge is -2.12. The molecule has 0 aliphatic heterocycles. The van der Waals surface area contributed by atoms with Crippen LogP contribution in [0.15, 0.2) is 12.3 Å². The third-order valence-electron chi connectivity index (χ3n) is 5.55. The molecule has 1 aliphatic carbocycles. The van der Waals surface area contributed by atoms with E-state index in [2.05, 4.69) is 32.3 Å². The van der Waals surface area contributed by atoms with E-state index >= 15 is 0 Å². The third kappa shape index (κ3) is 2.86. The molecule has 146 valence electrons. The molecule has 3 heterocycles. The first-order valence-electron chi connectivity index (χ1n) is 9.57. The van der Waals surface area contributed by atoms with Crippen LogP contribution >= 0.6 is 0 Å². The minimum atomic E-state index is 0.0282. The molecule has 0 unspecified atom stereocenters. The molecule has 1 aliphatic rings. The topological polar surface area (TPSA) is 116 Å². The van der Waals surface area contributed by atoms with Crippen LogP contribution in [0.2, 0.25) is 0 Å². The summed E-state index contributed by atoms with van der Waals surface area (Å²) in [6, 6.07) is 2.02. The van der Waals surface area contributed by atoms with Crippen molar-refractivity contribution < 1.29 is 0 Å². The first-order chi connectivity index (χ1) is 13.5. The Kier molecular flexibility index (Phi) is 4.43. The van der Waals surface area contributed by atoms with Crippen molar-refractivity contribution in [3.8, 4) is 0 Å². The summed E-state index contributed by atoms with van der Waals surface area (Å²) in [4.78, 5) is 8.22. The molecule has 4 rings (SSSR count). The second-order valence-corrected chi connectivity index (χ2v) is 7.32. The van der Waals surface area contributed by atoms with Gasteiger partial charge in [-0.1, -0.05) is 6.92 Å². The summed E-state index contributed by atoms with van der Waals surface area (Å²) in [6.07, 6.45) is 5.70. The lowest BCUT2D eigenvalue weighted by Crippen LogP contribution is -2.27. The Bertz CT molecular complexity index is 1070. The number of hydrogen-bond acceptors (Lipinski definition) is 6. The third-order valence-corrected chi connectivity index (χ3v) is 5.55. The quantitative estimate of drug-likeness (QED) is 0.541. The highest BCUT2D eigenvalue weighted by Crippen LogP contribution is 2.41. The Morgan fingerprint density at radius 3 is 2.79 bits per heavy atom. The first kappa shape index (κ1) is 18.3. The Balaban J connectivity index is 1.54. The maximum absolute atomic E-state index is 7.50. The van der Waals surface area contributed by atoms with E-state index in [1.165, 1.54) is 0 Å². The van der Waals surface area contributed by atoms with Crippen molar-refractivity contribution in [2.45, 2.75) is 45.1 Å². The van der Waals surface area contributed by atoms with Gasteiger partial charge in [-0.3, -0.25) is 4.68 Å². The van der Waals surface area contributed by atoms with Crippen molar-refractivity contribution in [3.63, 3.8) is 0 Å². The van der Waals surface area contributed by atoms with Crippen LogP contribution in [0, 0.1) is 13.5 Å². The van der Waals surface area contributed by atoms with Gasteiger partial charge in [-0.2, -0.15) is 10.2 Å². The van der Waals surface area contributed by atoms with E-state index in [-0.39, 0.29) is 5.54 Å². The molecule has 28 heavy (non-hydrogen) atoms. The van der Waals surface area contributed by atoms with Crippen LogP contribution in [-0.4, -0.2) is 37.5 Å². The standard InChI is InChI=1S/C19H25N9/c1-4-14-12(2)25-28-16(21)15(22-3)17(24-18(14)28)23-9-5-13-6-10-27(26-13)19(11-20)7-8-19/h6,10H,4-5,7-9,11,20-21H2,1-2H3,(H,23,24). The van der Waals surface area contributed by atoms with Gasteiger partial charge in [0.25, 0.3) is 5.69 Å². The molecule has 0 radical (unpaired) electrons. The number of aromatic nitrogens is 5. The fourth-order valence-corrected chi connectivity index (χ4v) is 3.60. The van der Waals surface area contributed by atoms with E-state index < -0.39 is 0 Å². The summed E-state index contributed by atoms with van der Waals surface area (Å²) in [5, 5.41) is 12.4. The molecule has 3 aromatic rings. The molecule has 1 saturated carbocycles. The molecule has 0 bridgehead atoms. The summed E-state index contributed by atoms with van der Waals surface area (Å²) in [5.41, 5.74) is 16.0. The van der Waals surface area contributed by atoms with Crippen molar-refractivity contribution >= 4 is 23.0 Å². The van der Waals surface area contributed by atoms with Crippen LogP contribution in [-0.2, 0) is 18.4 Å². The molecule has 0 spiro atoms. The van der Waals surface area contributed by atoms with Crippen molar-refractivity contribution in [2.75, 3.05) is 24.1 Å². The Morgan fingerprint density at radius 1 is 1.36 bits per heavy atom. The SMILES string of the molecule is [C-]#[N+]c1c(NCCc2ccn(C3(CN)CC3)n2)nc2c(CC)c(C)nn2c1N. The smallest absolute Gasteiger partial charge is 0.268 e. The molecule has 0 amide bonds. The number of anilines is 2. The lowest BCUT2D eigenvalue weighted by atomic mass is 10.2. The van der Waals surface area contributed by atoms with Crippen LogP contribution in [0.4, 0.5) is 17.3 Å². The molecule has 3 aromatic heterocycles. The monoisotopic (exact) mass is 379 g/mol. The fourth-order valence-electron chi connectivity index (χ4n) is 3.60. The number of hydrogen-bond donors (Lipinski definition) is 3. The summed E-state index contributed by atoms with van der Waals surface area (Å²) in [5.74, 6) is 0.808. The van der Waals surface area contributed by atoms with E-state index in [1.807, 2.05) is 23.9 Å². The van der Waals surface area contributed by atoms with Gasteiger partial charge in [0.05, 0.1) is 23.5 Å². The summed E-state index contributed by atoms with van der Waals surface area (Å²) in [7, 11) is 0. The zero-order chi connectivity index (χ0) is 19.9. The highest BCUT2D eigenvalue weighted by Gasteiger charge is 2.44. The van der Waals surface area contributed by atoms with Crippen LogP contribution in [0.1, 0.15) is 36.7 Å². The summed E-state index contributed by atoms with van der Waals surface area (Å²) in [6.45, 7) is 12.7. The minimum absolute atomic E-state index is 0.0282. The van der Waals surface area contributed by atoms with Crippen molar-refractivity contribution in [3.05, 3.63) is 40.6 Å². The lowest BCUT2D eigenvalue weighted by molar-refractivity contribution is 0.438. The molecular formula is C19H25N9. The number of aryl methyl sites for hydroxylation is 2. The normalized spacial score (nSPS) is 14.9. The number of nitrogens with zero attached hydrogens (tertiary/aromatic N) is 6. The number of fused-ring (bicyclic) bond motifs is 1. The van der Waals surface area contributed by atoms with E-state index in [4.69, 9.17) is 18.0 Å². The molecule has 1 fully saturated rings. The van der Waals surface area contributed by atoms with Crippen LogP contribution < -0.4 is 16.8 Å². The fraction of sp³-hybridized carbons (Fsp3) is 0.474. The predicted octanol–water partition coefficient (Wildman–Crippen LogP) is 2.03. The van der Waals surface area contributed by atoms with Gasteiger partial charge >= 0.3 is 0 Å². The number of nitrogens with one attached hydrogen (secondary N) is 1. The highest BCUT2D eigenvalue weighted by atomic mass is 15.3. The van der Waals surface area contributed by atoms with Crippen LogP contribution in [0.3, 0.4) is 0 Å². The van der Waals surface area contributed by atoms with Gasteiger partial charge in [0.2, 0.25) is 0 Å². The number of rotatable bonds is 7. The van der Waals surface area contributed by atoms with Gasteiger partial charge in [0, 0.05) is 31.3 Å². The minimum Gasteiger partial charge on any atom is -0.392 e. The van der Waals surface area contributed by atoms with Gasteiger partial charge in [-0.25, -0.2) is 14.3 Å².